The van der Waals surface area contributed by atoms with Crippen LogP contribution in [0.3, 0.4) is 0 Å². The molecule has 29 heavy (non-hydrogen) atoms. The van der Waals surface area contributed by atoms with E-state index in [1.54, 1.807) is 44.6 Å². The molecule has 0 radical (unpaired) electrons. The summed E-state index contributed by atoms with van der Waals surface area (Å²) in [4.78, 5) is 21.4. The van der Waals surface area contributed by atoms with E-state index in [2.05, 4.69) is 21.8 Å². The van der Waals surface area contributed by atoms with Gasteiger partial charge in [0.2, 0.25) is 5.91 Å². The monoisotopic (exact) mass is 418 g/mol. The van der Waals surface area contributed by atoms with E-state index >= 15 is 0 Å². The summed E-state index contributed by atoms with van der Waals surface area (Å²) in [6.45, 7) is 1.41. The van der Waals surface area contributed by atoms with Crippen LogP contribution in [-0.4, -0.2) is 70.1 Å². The zero-order valence-electron chi connectivity index (χ0n) is 17.8. The van der Waals surface area contributed by atoms with Gasteiger partial charge in [-0.15, -0.1) is 11.3 Å². The van der Waals surface area contributed by atoms with Crippen LogP contribution in [0, 0.1) is 0 Å². The Labute approximate surface area is 176 Å². The molecule has 0 aliphatic carbocycles. The van der Waals surface area contributed by atoms with Crippen LogP contribution in [0.25, 0.3) is 0 Å². The summed E-state index contributed by atoms with van der Waals surface area (Å²) < 4.78 is 10.8. The Morgan fingerprint density at radius 1 is 1.17 bits per heavy atom. The number of carbonyl (C=O) groups is 1. The Morgan fingerprint density at radius 3 is 2.59 bits per heavy atom. The highest BCUT2D eigenvalue weighted by Crippen LogP contribution is 2.25. The molecule has 0 bridgehead atoms. The molecule has 0 unspecified atom stereocenters. The molecule has 8 heteroatoms. The molecule has 0 saturated carbocycles. The van der Waals surface area contributed by atoms with E-state index in [4.69, 9.17) is 9.47 Å². The van der Waals surface area contributed by atoms with Crippen LogP contribution in [0.4, 0.5) is 0 Å². The predicted octanol–water partition coefficient (Wildman–Crippen LogP) is 2.47. The summed E-state index contributed by atoms with van der Waals surface area (Å²) in [6, 6.07) is 9.90. The predicted molar refractivity (Wildman–Crippen MR) is 118 cm³/mol. The van der Waals surface area contributed by atoms with Gasteiger partial charge in [-0.2, -0.15) is 0 Å². The fourth-order valence-electron chi connectivity index (χ4n) is 2.66. The molecule has 0 aliphatic heterocycles. The molecule has 0 saturated heterocycles. The SMILES string of the molecule is COc1ccc(CN(C)C(=NCC(=O)N(C)C)NCCc2cccs2)c(OC)c1. The van der Waals surface area contributed by atoms with Crippen LogP contribution < -0.4 is 14.8 Å². The molecule has 1 N–H and O–H groups in total. The third-order valence-electron chi connectivity index (χ3n) is 4.36. The van der Waals surface area contributed by atoms with Crippen molar-refractivity contribution in [3.8, 4) is 11.5 Å². The van der Waals surface area contributed by atoms with E-state index in [0.29, 0.717) is 12.5 Å². The van der Waals surface area contributed by atoms with Gasteiger partial charge in [-0.25, -0.2) is 4.99 Å². The normalized spacial score (nSPS) is 11.1. The molecule has 0 aliphatic rings. The number of hydrogen-bond acceptors (Lipinski definition) is 5. The molecular weight excluding hydrogens is 388 g/mol. The number of likely N-dealkylation sites (N-methyl/N-ethyl adjacent to an activating group) is 1. The maximum absolute atomic E-state index is 12.0. The first kappa shape index (κ1) is 22.5. The number of carbonyl (C=O) groups excluding carboxylic acids is 1. The first-order chi connectivity index (χ1) is 13.9. The zero-order valence-corrected chi connectivity index (χ0v) is 18.6. The lowest BCUT2D eigenvalue weighted by Gasteiger charge is -2.24. The third-order valence-corrected chi connectivity index (χ3v) is 5.30. The van der Waals surface area contributed by atoms with Gasteiger partial charge < -0.3 is 24.6 Å². The molecule has 7 nitrogen and oxygen atoms in total. The summed E-state index contributed by atoms with van der Waals surface area (Å²) >= 11 is 1.73. The van der Waals surface area contributed by atoms with Gasteiger partial charge in [0.05, 0.1) is 14.2 Å². The van der Waals surface area contributed by atoms with Gasteiger partial charge in [0.25, 0.3) is 0 Å². The number of guanidine groups is 1. The molecule has 158 valence electrons. The lowest BCUT2D eigenvalue weighted by Crippen LogP contribution is -2.40. The van der Waals surface area contributed by atoms with Crippen molar-refractivity contribution in [2.24, 2.45) is 4.99 Å². The minimum absolute atomic E-state index is 0.0435. The highest BCUT2D eigenvalue weighted by molar-refractivity contribution is 7.09. The average Bonchev–Trinajstić information content (AvgIpc) is 3.23. The molecule has 2 aromatic rings. The molecule has 1 heterocycles. The van der Waals surface area contributed by atoms with Crippen molar-refractivity contribution in [1.82, 2.24) is 15.1 Å². The lowest BCUT2D eigenvalue weighted by molar-refractivity contribution is -0.127. The second-order valence-electron chi connectivity index (χ2n) is 6.72. The van der Waals surface area contributed by atoms with Crippen molar-refractivity contribution >= 4 is 23.2 Å². The molecular formula is C21H30N4O3S. The number of aliphatic imine (C=N–C) groups is 1. The highest BCUT2D eigenvalue weighted by atomic mass is 32.1. The van der Waals surface area contributed by atoms with Crippen molar-refractivity contribution in [3.05, 3.63) is 46.2 Å². The maximum atomic E-state index is 12.0. The van der Waals surface area contributed by atoms with Crippen LogP contribution in [0.15, 0.2) is 40.7 Å². The Hall–Kier alpha value is -2.74. The number of ether oxygens (including phenoxy) is 2. The number of amides is 1. The molecule has 1 amide bonds. The van der Waals surface area contributed by atoms with Crippen LogP contribution in [0.1, 0.15) is 10.4 Å². The number of thiophene rings is 1. The van der Waals surface area contributed by atoms with E-state index in [-0.39, 0.29) is 12.5 Å². The van der Waals surface area contributed by atoms with E-state index in [9.17, 15) is 4.79 Å². The van der Waals surface area contributed by atoms with Crippen molar-refractivity contribution in [1.29, 1.82) is 0 Å². The Morgan fingerprint density at radius 2 is 1.97 bits per heavy atom. The van der Waals surface area contributed by atoms with Gasteiger partial charge in [-0.1, -0.05) is 6.07 Å². The fourth-order valence-corrected chi connectivity index (χ4v) is 3.37. The quantitative estimate of drug-likeness (QED) is 0.501. The van der Waals surface area contributed by atoms with Gasteiger partial charge in [-0.3, -0.25) is 4.79 Å². The molecule has 2 rings (SSSR count). The third kappa shape index (κ3) is 6.98. The van der Waals surface area contributed by atoms with Crippen molar-refractivity contribution in [3.63, 3.8) is 0 Å². The molecule has 1 aromatic heterocycles. The molecule has 0 fully saturated rings. The average molecular weight is 419 g/mol. The van der Waals surface area contributed by atoms with Gasteiger partial charge in [0.1, 0.15) is 18.0 Å². The Balaban J connectivity index is 2.10. The Kier molecular flexibility index (Phi) is 8.79. The van der Waals surface area contributed by atoms with Gasteiger partial charge >= 0.3 is 0 Å². The topological polar surface area (TPSA) is 66.4 Å². The fraction of sp³-hybridized carbons (Fsp3) is 0.429. The van der Waals surface area contributed by atoms with Crippen LogP contribution >= 0.6 is 11.3 Å². The number of methoxy groups -OCH3 is 2. The van der Waals surface area contributed by atoms with Gasteiger partial charge in [-0.05, 0) is 30.0 Å². The van der Waals surface area contributed by atoms with E-state index in [0.717, 1.165) is 30.0 Å². The van der Waals surface area contributed by atoms with Gasteiger partial charge in [0, 0.05) is 50.7 Å². The maximum Gasteiger partial charge on any atom is 0.243 e. The largest absolute Gasteiger partial charge is 0.497 e. The summed E-state index contributed by atoms with van der Waals surface area (Å²) in [7, 11) is 8.68. The minimum Gasteiger partial charge on any atom is -0.497 e. The van der Waals surface area contributed by atoms with Crippen LogP contribution in [0.2, 0.25) is 0 Å². The summed E-state index contributed by atoms with van der Waals surface area (Å²) in [5.41, 5.74) is 1.00. The van der Waals surface area contributed by atoms with E-state index < -0.39 is 0 Å². The zero-order chi connectivity index (χ0) is 21.2. The lowest BCUT2D eigenvalue weighted by atomic mass is 10.2. The number of benzene rings is 1. The first-order valence-corrected chi connectivity index (χ1v) is 10.3. The van der Waals surface area contributed by atoms with Crippen LogP contribution in [0.5, 0.6) is 11.5 Å². The summed E-state index contributed by atoms with van der Waals surface area (Å²) in [6.07, 6.45) is 0.901. The second-order valence-corrected chi connectivity index (χ2v) is 7.75. The molecule has 0 atom stereocenters. The van der Waals surface area contributed by atoms with Crippen molar-refractivity contribution in [2.45, 2.75) is 13.0 Å². The number of nitrogens with zero attached hydrogens (tertiary/aromatic N) is 3. The van der Waals surface area contributed by atoms with Crippen molar-refractivity contribution in [2.75, 3.05) is 48.5 Å². The smallest absolute Gasteiger partial charge is 0.243 e. The van der Waals surface area contributed by atoms with Crippen LogP contribution in [-0.2, 0) is 17.8 Å². The number of nitrogens with one attached hydrogen (secondary N) is 1. The highest BCUT2D eigenvalue weighted by Gasteiger charge is 2.13. The molecule has 0 spiro atoms. The van der Waals surface area contributed by atoms with Crippen molar-refractivity contribution < 1.29 is 14.3 Å². The minimum atomic E-state index is -0.0435. The number of rotatable bonds is 9. The summed E-state index contributed by atoms with van der Waals surface area (Å²) in [5, 5.41) is 5.45. The first-order valence-electron chi connectivity index (χ1n) is 9.37. The summed E-state index contributed by atoms with van der Waals surface area (Å²) in [5.74, 6) is 2.12. The van der Waals surface area contributed by atoms with Gasteiger partial charge in [0.15, 0.2) is 5.96 Å². The standard InChI is InChI=1S/C21H30N4O3S/c1-24(2)20(26)14-23-21(22-11-10-18-7-6-12-29-18)25(3)15-16-8-9-17(27-4)13-19(16)28-5/h6-9,12-13H,10-11,14-15H2,1-5H3,(H,22,23). The second kappa shape index (κ2) is 11.3. The molecule has 1 aromatic carbocycles. The Bertz CT molecular complexity index is 806. The number of hydrogen-bond donors (Lipinski definition) is 1. The van der Waals surface area contributed by atoms with E-state index in [1.165, 1.54) is 4.88 Å². The van der Waals surface area contributed by atoms with E-state index in [1.807, 2.05) is 36.2 Å².